The van der Waals surface area contributed by atoms with Gasteiger partial charge in [-0.05, 0) is 24.6 Å². The van der Waals surface area contributed by atoms with E-state index >= 15 is 0 Å². The van der Waals surface area contributed by atoms with Crippen molar-refractivity contribution in [1.29, 1.82) is 0 Å². The molecular weight excluding hydrogens is 258 g/mol. The Bertz CT molecular complexity index is 576. The zero-order valence-electron chi connectivity index (χ0n) is 11.3. The third kappa shape index (κ3) is 2.77. The summed E-state index contributed by atoms with van der Waals surface area (Å²) in [5.74, 6) is 1.46. The highest BCUT2D eigenvalue weighted by atomic mass is 16.4. The van der Waals surface area contributed by atoms with Crippen LogP contribution in [0.25, 0.3) is 0 Å². The Morgan fingerprint density at radius 3 is 2.75 bits per heavy atom. The van der Waals surface area contributed by atoms with E-state index in [1.54, 1.807) is 6.07 Å². The van der Waals surface area contributed by atoms with Gasteiger partial charge >= 0.3 is 0 Å². The lowest BCUT2D eigenvalue weighted by Gasteiger charge is -2.17. The second kappa shape index (κ2) is 5.78. The summed E-state index contributed by atoms with van der Waals surface area (Å²) in [5, 5.41) is 22.6. The third-order valence-corrected chi connectivity index (χ3v) is 3.56. The summed E-state index contributed by atoms with van der Waals surface area (Å²) < 4.78 is 7.52. The van der Waals surface area contributed by atoms with Crippen molar-refractivity contribution in [2.45, 2.75) is 39.3 Å². The van der Waals surface area contributed by atoms with Crippen LogP contribution in [0.4, 0.5) is 0 Å². The highest BCUT2D eigenvalue weighted by Gasteiger charge is 2.17. The van der Waals surface area contributed by atoms with E-state index in [1.165, 1.54) is 0 Å². The molecule has 2 aromatic heterocycles. The molecule has 0 saturated carbocycles. The Labute approximate surface area is 117 Å². The van der Waals surface area contributed by atoms with Gasteiger partial charge in [-0.3, -0.25) is 9.58 Å². The number of aliphatic hydroxyl groups excluding tert-OH is 2. The smallest absolute Gasteiger partial charge is 0.129 e. The van der Waals surface area contributed by atoms with Crippen LogP contribution in [0.15, 0.2) is 22.6 Å². The first-order chi connectivity index (χ1) is 9.78. The fourth-order valence-corrected chi connectivity index (χ4v) is 2.61. The van der Waals surface area contributed by atoms with Crippen molar-refractivity contribution in [2.75, 3.05) is 6.54 Å². The second-order valence-electron chi connectivity index (χ2n) is 5.10. The van der Waals surface area contributed by atoms with Gasteiger partial charge in [-0.2, -0.15) is 5.10 Å². The third-order valence-electron chi connectivity index (χ3n) is 3.56. The molecule has 0 saturated heterocycles. The van der Waals surface area contributed by atoms with Crippen molar-refractivity contribution >= 4 is 0 Å². The number of hydrogen-bond donors (Lipinski definition) is 2. The van der Waals surface area contributed by atoms with E-state index in [2.05, 4.69) is 10.00 Å². The van der Waals surface area contributed by atoms with Crippen LogP contribution < -0.4 is 0 Å². The standard InChI is InChI=1S/C14H19N3O3/c18-9-11-6-12-7-16(4-1-5-17(12)15-11)8-13-2-3-14(10-19)20-13/h2-3,6,18-19H,1,4-5,7-10H2. The molecule has 3 heterocycles. The average Bonchev–Trinajstić information content (AvgIpc) is 3.02. The highest BCUT2D eigenvalue weighted by molar-refractivity contribution is 5.11. The van der Waals surface area contributed by atoms with Crippen LogP contribution in [-0.4, -0.2) is 31.4 Å². The molecule has 0 radical (unpaired) electrons. The maximum Gasteiger partial charge on any atom is 0.129 e. The molecule has 0 aliphatic carbocycles. The summed E-state index contributed by atoms with van der Waals surface area (Å²) in [6, 6.07) is 5.67. The molecule has 1 aliphatic heterocycles. The quantitative estimate of drug-likeness (QED) is 0.867. The minimum Gasteiger partial charge on any atom is -0.462 e. The van der Waals surface area contributed by atoms with Crippen LogP contribution in [0.2, 0.25) is 0 Å². The molecule has 3 rings (SSSR count). The number of aliphatic hydroxyl groups is 2. The normalized spacial score (nSPS) is 16.1. The van der Waals surface area contributed by atoms with Gasteiger partial charge in [0, 0.05) is 19.6 Å². The van der Waals surface area contributed by atoms with Crippen molar-refractivity contribution in [3.05, 3.63) is 41.1 Å². The Hall–Kier alpha value is -1.63. The van der Waals surface area contributed by atoms with Gasteiger partial charge < -0.3 is 14.6 Å². The minimum atomic E-state index is -0.0629. The number of aryl methyl sites for hydroxylation is 1. The van der Waals surface area contributed by atoms with Gasteiger partial charge in [0.1, 0.15) is 18.1 Å². The molecule has 6 nitrogen and oxygen atoms in total. The topological polar surface area (TPSA) is 74.7 Å². The van der Waals surface area contributed by atoms with Crippen LogP contribution >= 0.6 is 0 Å². The SMILES string of the molecule is OCc1cc2n(n1)CCCN(Cc1ccc(CO)o1)C2. The van der Waals surface area contributed by atoms with Gasteiger partial charge in [-0.15, -0.1) is 0 Å². The van der Waals surface area contributed by atoms with Crippen molar-refractivity contribution in [3.8, 4) is 0 Å². The number of aromatic nitrogens is 2. The molecular formula is C14H19N3O3. The minimum absolute atomic E-state index is 0.0158. The zero-order valence-corrected chi connectivity index (χ0v) is 11.3. The Morgan fingerprint density at radius 2 is 2.00 bits per heavy atom. The zero-order chi connectivity index (χ0) is 13.9. The molecule has 108 valence electrons. The molecule has 0 aromatic carbocycles. The molecule has 0 fully saturated rings. The lowest BCUT2D eigenvalue weighted by atomic mass is 10.3. The van der Waals surface area contributed by atoms with E-state index in [0.717, 1.165) is 49.7 Å². The molecule has 2 aromatic rings. The molecule has 0 spiro atoms. The summed E-state index contributed by atoms with van der Waals surface area (Å²) >= 11 is 0. The Balaban J connectivity index is 1.71. The van der Waals surface area contributed by atoms with Crippen LogP contribution in [0.5, 0.6) is 0 Å². The molecule has 0 unspecified atom stereocenters. The largest absolute Gasteiger partial charge is 0.462 e. The number of fused-ring (bicyclic) bond motifs is 1. The number of rotatable bonds is 4. The molecule has 2 N–H and O–H groups in total. The van der Waals surface area contributed by atoms with Gasteiger partial charge in [-0.25, -0.2) is 0 Å². The van der Waals surface area contributed by atoms with Crippen molar-refractivity contribution in [2.24, 2.45) is 0 Å². The van der Waals surface area contributed by atoms with Crippen molar-refractivity contribution in [1.82, 2.24) is 14.7 Å². The maximum atomic E-state index is 9.16. The molecule has 0 bridgehead atoms. The van der Waals surface area contributed by atoms with Gasteiger partial charge in [0.25, 0.3) is 0 Å². The lowest BCUT2D eigenvalue weighted by Crippen LogP contribution is -2.22. The first kappa shape index (κ1) is 13.4. The van der Waals surface area contributed by atoms with Crippen LogP contribution in [0.3, 0.4) is 0 Å². The van der Waals surface area contributed by atoms with Crippen LogP contribution in [0.1, 0.15) is 29.3 Å². The Morgan fingerprint density at radius 1 is 1.15 bits per heavy atom. The summed E-state index contributed by atoms with van der Waals surface area (Å²) in [4.78, 5) is 2.29. The molecule has 20 heavy (non-hydrogen) atoms. The summed E-state index contributed by atoms with van der Waals surface area (Å²) in [5.41, 5.74) is 1.85. The predicted molar refractivity (Wildman–Crippen MR) is 71.5 cm³/mol. The molecule has 0 amide bonds. The number of nitrogens with zero attached hydrogens (tertiary/aromatic N) is 3. The monoisotopic (exact) mass is 277 g/mol. The lowest BCUT2D eigenvalue weighted by molar-refractivity contribution is 0.216. The summed E-state index contributed by atoms with van der Waals surface area (Å²) in [6.45, 7) is 3.30. The van der Waals surface area contributed by atoms with E-state index in [-0.39, 0.29) is 13.2 Å². The number of furan rings is 1. The van der Waals surface area contributed by atoms with Crippen molar-refractivity contribution < 1.29 is 14.6 Å². The molecule has 0 atom stereocenters. The van der Waals surface area contributed by atoms with Crippen LogP contribution in [0, 0.1) is 0 Å². The fraction of sp³-hybridized carbons (Fsp3) is 0.500. The summed E-state index contributed by atoms with van der Waals surface area (Å²) in [7, 11) is 0. The average molecular weight is 277 g/mol. The van der Waals surface area contributed by atoms with Gasteiger partial charge in [0.2, 0.25) is 0 Å². The van der Waals surface area contributed by atoms with E-state index in [1.807, 2.05) is 16.8 Å². The van der Waals surface area contributed by atoms with E-state index in [9.17, 15) is 0 Å². The summed E-state index contributed by atoms with van der Waals surface area (Å²) in [6.07, 6.45) is 1.02. The highest BCUT2D eigenvalue weighted by Crippen LogP contribution is 2.17. The molecule has 6 heteroatoms. The van der Waals surface area contributed by atoms with Gasteiger partial charge in [-0.1, -0.05) is 0 Å². The maximum absolute atomic E-state index is 9.16. The molecule has 1 aliphatic rings. The first-order valence-corrected chi connectivity index (χ1v) is 6.86. The van der Waals surface area contributed by atoms with E-state index < -0.39 is 0 Å². The second-order valence-corrected chi connectivity index (χ2v) is 5.10. The van der Waals surface area contributed by atoms with E-state index in [4.69, 9.17) is 14.6 Å². The van der Waals surface area contributed by atoms with Crippen LogP contribution in [-0.2, 0) is 32.8 Å². The first-order valence-electron chi connectivity index (χ1n) is 6.86. The Kier molecular flexibility index (Phi) is 3.86. The van der Waals surface area contributed by atoms with E-state index in [0.29, 0.717) is 5.76 Å². The van der Waals surface area contributed by atoms with Gasteiger partial charge in [0.05, 0.1) is 24.5 Å². The van der Waals surface area contributed by atoms with Crippen molar-refractivity contribution in [3.63, 3.8) is 0 Å². The number of hydrogen-bond acceptors (Lipinski definition) is 5. The predicted octanol–water partition coefficient (Wildman–Crippen LogP) is 0.867. The fourth-order valence-electron chi connectivity index (χ4n) is 2.61. The van der Waals surface area contributed by atoms with Gasteiger partial charge in [0.15, 0.2) is 0 Å².